The van der Waals surface area contributed by atoms with Gasteiger partial charge in [0.2, 0.25) is 5.91 Å². The Bertz CT molecular complexity index is 1030. The van der Waals surface area contributed by atoms with Crippen LogP contribution in [0.4, 0.5) is 0 Å². The van der Waals surface area contributed by atoms with Crippen molar-refractivity contribution in [2.45, 2.75) is 32.5 Å². The molecule has 7 heteroatoms. The van der Waals surface area contributed by atoms with Crippen LogP contribution < -0.4 is 5.32 Å². The number of guanidine groups is 1. The lowest BCUT2D eigenvalue weighted by molar-refractivity contribution is -0.128. The van der Waals surface area contributed by atoms with Crippen LogP contribution in [0.2, 0.25) is 0 Å². The number of halogens is 1. The van der Waals surface area contributed by atoms with Crippen LogP contribution in [0.15, 0.2) is 64.0 Å². The summed E-state index contributed by atoms with van der Waals surface area (Å²) in [4.78, 5) is 20.3. The van der Waals surface area contributed by atoms with E-state index in [0.29, 0.717) is 26.1 Å². The molecule has 164 valence electrons. The third-order valence-corrected chi connectivity index (χ3v) is 5.43. The predicted molar refractivity (Wildman–Crippen MR) is 134 cm³/mol. The molecule has 4 rings (SSSR count). The highest BCUT2D eigenvalue weighted by Crippen LogP contribution is 2.20. The standard InChI is InChI=1S/C24H28N4O2.HI/c1-25-24(27(2)17-21-14-20-9-3-4-10-22(20)30-21)26-15-18-7-5-8-19(13-18)16-28-12-6-11-23(28)29;/h3-5,7-10,13-14H,6,11-12,15-17H2,1-2H3,(H,25,26);1H. The van der Waals surface area contributed by atoms with Gasteiger partial charge in [-0.1, -0.05) is 42.5 Å². The van der Waals surface area contributed by atoms with Crippen LogP contribution in [0.25, 0.3) is 11.0 Å². The van der Waals surface area contributed by atoms with Crippen molar-refractivity contribution in [2.75, 3.05) is 20.6 Å². The van der Waals surface area contributed by atoms with Gasteiger partial charge in [-0.2, -0.15) is 0 Å². The van der Waals surface area contributed by atoms with E-state index < -0.39 is 0 Å². The van der Waals surface area contributed by atoms with Gasteiger partial charge in [0.1, 0.15) is 11.3 Å². The van der Waals surface area contributed by atoms with Crippen molar-refractivity contribution in [3.63, 3.8) is 0 Å². The minimum atomic E-state index is 0. The minimum absolute atomic E-state index is 0. The fourth-order valence-electron chi connectivity index (χ4n) is 3.92. The first-order chi connectivity index (χ1) is 14.6. The van der Waals surface area contributed by atoms with Crippen molar-refractivity contribution in [3.05, 3.63) is 71.5 Å². The topological polar surface area (TPSA) is 61.1 Å². The molecular formula is C24H29IN4O2. The average molecular weight is 532 g/mol. The molecule has 0 aliphatic carbocycles. The van der Waals surface area contributed by atoms with Crippen molar-refractivity contribution in [1.29, 1.82) is 0 Å². The molecule has 3 aromatic rings. The summed E-state index contributed by atoms with van der Waals surface area (Å²) in [5.74, 6) is 1.96. The second kappa shape index (κ2) is 10.7. The number of aliphatic imine (C=N–C) groups is 1. The van der Waals surface area contributed by atoms with Gasteiger partial charge in [-0.15, -0.1) is 24.0 Å². The highest BCUT2D eigenvalue weighted by molar-refractivity contribution is 14.0. The predicted octanol–water partition coefficient (Wildman–Crippen LogP) is 4.38. The Hall–Kier alpha value is -2.55. The van der Waals surface area contributed by atoms with E-state index in [9.17, 15) is 4.79 Å². The molecule has 0 bridgehead atoms. The molecule has 1 amide bonds. The van der Waals surface area contributed by atoms with Crippen LogP contribution >= 0.6 is 24.0 Å². The van der Waals surface area contributed by atoms with Crippen molar-refractivity contribution < 1.29 is 9.21 Å². The Morgan fingerprint density at radius 2 is 1.97 bits per heavy atom. The number of hydrogen-bond acceptors (Lipinski definition) is 3. The van der Waals surface area contributed by atoms with Crippen molar-refractivity contribution in [1.82, 2.24) is 15.1 Å². The van der Waals surface area contributed by atoms with E-state index in [1.165, 1.54) is 0 Å². The number of para-hydroxylation sites is 1. The highest BCUT2D eigenvalue weighted by atomic mass is 127. The number of nitrogens with zero attached hydrogens (tertiary/aromatic N) is 3. The first kappa shape index (κ1) is 23.1. The van der Waals surface area contributed by atoms with Crippen molar-refractivity contribution in [3.8, 4) is 0 Å². The summed E-state index contributed by atoms with van der Waals surface area (Å²) in [6.45, 7) is 2.85. The minimum Gasteiger partial charge on any atom is -0.459 e. The Kier molecular flexibility index (Phi) is 7.95. The molecule has 2 aromatic carbocycles. The van der Waals surface area contributed by atoms with E-state index in [1.807, 2.05) is 41.1 Å². The third-order valence-electron chi connectivity index (χ3n) is 5.43. The first-order valence-electron chi connectivity index (χ1n) is 10.4. The Morgan fingerprint density at radius 1 is 1.16 bits per heavy atom. The maximum Gasteiger partial charge on any atom is 0.222 e. The van der Waals surface area contributed by atoms with E-state index in [2.05, 4.69) is 40.6 Å². The number of nitrogens with one attached hydrogen (secondary N) is 1. The number of amides is 1. The smallest absolute Gasteiger partial charge is 0.222 e. The van der Waals surface area contributed by atoms with Crippen LogP contribution in [-0.2, 0) is 24.4 Å². The molecule has 1 fully saturated rings. The summed E-state index contributed by atoms with van der Waals surface area (Å²) >= 11 is 0. The average Bonchev–Trinajstić information content (AvgIpc) is 3.34. The lowest BCUT2D eigenvalue weighted by Gasteiger charge is -2.21. The molecule has 1 saturated heterocycles. The van der Waals surface area contributed by atoms with Gasteiger partial charge in [0, 0.05) is 45.5 Å². The van der Waals surface area contributed by atoms with Gasteiger partial charge in [0.15, 0.2) is 5.96 Å². The van der Waals surface area contributed by atoms with Gasteiger partial charge >= 0.3 is 0 Å². The molecular weight excluding hydrogens is 503 g/mol. The maximum atomic E-state index is 11.9. The second-order valence-corrected chi connectivity index (χ2v) is 7.75. The van der Waals surface area contributed by atoms with Gasteiger partial charge in [0.25, 0.3) is 0 Å². The summed E-state index contributed by atoms with van der Waals surface area (Å²) in [5.41, 5.74) is 3.23. The van der Waals surface area contributed by atoms with Crippen LogP contribution in [0, 0.1) is 0 Å². The zero-order chi connectivity index (χ0) is 20.9. The van der Waals surface area contributed by atoms with Crippen LogP contribution in [0.1, 0.15) is 29.7 Å². The SMILES string of the molecule is CN=C(NCc1cccc(CN2CCCC2=O)c1)N(C)Cc1cc2ccccc2o1.I. The number of carbonyl (C=O) groups excluding carboxylic acids is 1. The molecule has 1 N–H and O–H groups in total. The fourth-order valence-corrected chi connectivity index (χ4v) is 3.92. The van der Waals surface area contributed by atoms with E-state index in [1.54, 1.807) is 7.05 Å². The molecule has 0 radical (unpaired) electrons. The Morgan fingerprint density at radius 3 is 2.71 bits per heavy atom. The number of likely N-dealkylation sites (tertiary alicyclic amines) is 1. The van der Waals surface area contributed by atoms with Gasteiger partial charge in [0.05, 0.1) is 6.54 Å². The molecule has 6 nitrogen and oxygen atoms in total. The first-order valence-corrected chi connectivity index (χ1v) is 10.4. The largest absolute Gasteiger partial charge is 0.459 e. The second-order valence-electron chi connectivity index (χ2n) is 7.75. The lowest BCUT2D eigenvalue weighted by Crippen LogP contribution is -2.38. The molecule has 1 aliphatic heterocycles. The molecule has 31 heavy (non-hydrogen) atoms. The fraction of sp³-hybridized carbons (Fsp3) is 0.333. The Balaban J connectivity index is 0.00000272. The van der Waals surface area contributed by atoms with E-state index in [-0.39, 0.29) is 29.9 Å². The molecule has 1 aliphatic rings. The van der Waals surface area contributed by atoms with Gasteiger partial charge in [-0.3, -0.25) is 9.79 Å². The number of benzene rings is 2. The zero-order valence-corrected chi connectivity index (χ0v) is 20.3. The van der Waals surface area contributed by atoms with E-state index >= 15 is 0 Å². The van der Waals surface area contributed by atoms with E-state index in [0.717, 1.165) is 46.8 Å². The molecule has 0 saturated carbocycles. The normalized spacial score (nSPS) is 14.1. The summed E-state index contributed by atoms with van der Waals surface area (Å²) < 4.78 is 5.93. The summed E-state index contributed by atoms with van der Waals surface area (Å²) in [5, 5.41) is 4.53. The van der Waals surface area contributed by atoms with Crippen LogP contribution in [0.3, 0.4) is 0 Å². The summed E-state index contributed by atoms with van der Waals surface area (Å²) in [6, 6.07) is 18.5. The lowest BCUT2D eigenvalue weighted by atomic mass is 10.1. The zero-order valence-electron chi connectivity index (χ0n) is 18.0. The quantitative estimate of drug-likeness (QED) is 0.291. The highest BCUT2D eigenvalue weighted by Gasteiger charge is 2.20. The van der Waals surface area contributed by atoms with E-state index in [4.69, 9.17) is 4.42 Å². The monoisotopic (exact) mass is 532 g/mol. The van der Waals surface area contributed by atoms with Gasteiger partial charge in [-0.25, -0.2) is 0 Å². The molecule has 0 spiro atoms. The van der Waals surface area contributed by atoms with Crippen molar-refractivity contribution >= 4 is 46.8 Å². The molecule has 1 aromatic heterocycles. The number of hydrogen-bond donors (Lipinski definition) is 1. The number of rotatable bonds is 6. The van der Waals surface area contributed by atoms with Crippen LogP contribution in [-0.4, -0.2) is 42.3 Å². The molecule has 0 atom stereocenters. The number of furan rings is 1. The van der Waals surface area contributed by atoms with Gasteiger partial charge < -0.3 is 19.5 Å². The molecule has 2 heterocycles. The summed E-state index contributed by atoms with van der Waals surface area (Å²) in [6.07, 6.45) is 1.64. The third kappa shape index (κ3) is 5.78. The maximum absolute atomic E-state index is 11.9. The van der Waals surface area contributed by atoms with Crippen LogP contribution in [0.5, 0.6) is 0 Å². The number of carbonyl (C=O) groups is 1. The Labute approximate surface area is 200 Å². The number of fused-ring (bicyclic) bond motifs is 1. The molecule has 0 unspecified atom stereocenters. The van der Waals surface area contributed by atoms with Gasteiger partial charge in [-0.05, 0) is 29.7 Å². The summed E-state index contributed by atoms with van der Waals surface area (Å²) in [7, 11) is 3.78. The van der Waals surface area contributed by atoms with Crippen molar-refractivity contribution in [2.24, 2.45) is 4.99 Å².